The van der Waals surface area contributed by atoms with Crippen molar-refractivity contribution in [3.63, 3.8) is 0 Å². The van der Waals surface area contributed by atoms with Gasteiger partial charge in [-0.2, -0.15) is 0 Å². The lowest BCUT2D eigenvalue weighted by Crippen LogP contribution is -2.15. The van der Waals surface area contributed by atoms with Gasteiger partial charge < -0.3 is 4.74 Å². The lowest BCUT2D eigenvalue weighted by atomic mass is 9.89. The number of hydrogen-bond acceptors (Lipinski definition) is 1. The smallest absolute Gasteiger partial charge is 0.122 e. The third-order valence-corrected chi connectivity index (χ3v) is 3.20. The SMILES string of the molecule is c1ccc2c(c1)OCC[C@@H]2C1CC1. The minimum Gasteiger partial charge on any atom is -0.493 e. The maximum atomic E-state index is 5.63. The lowest BCUT2D eigenvalue weighted by molar-refractivity contribution is 0.259. The summed E-state index contributed by atoms with van der Waals surface area (Å²) in [5.74, 6) is 2.89. The molecular formula is C12H14O. The molecule has 1 saturated carbocycles. The van der Waals surface area contributed by atoms with Gasteiger partial charge in [0.2, 0.25) is 0 Å². The number of ether oxygens (including phenoxy) is 1. The number of rotatable bonds is 1. The van der Waals surface area contributed by atoms with Crippen LogP contribution < -0.4 is 4.74 Å². The van der Waals surface area contributed by atoms with E-state index in [0.29, 0.717) is 0 Å². The summed E-state index contributed by atoms with van der Waals surface area (Å²) in [6.07, 6.45) is 4.08. The van der Waals surface area contributed by atoms with E-state index in [2.05, 4.69) is 24.3 Å². The van der Waals surface area contributed by atoms with Crippen LogP contribution in [0.1, 0.15) is 30.7 Å². The molecule has 1 aromatic rings. The Morgan fingerprint density at radius 1 is 1.08 bits per heavy atom. The van der Waals surface area contributed by atoms with Crippen molar-refractivity contribution in [2.75, 3.05) is 6.61 Å². The fourth-order valence-corrected chi connectivity index (χ4v) is 2.36. The molecule has 1 heterocycles. The van der Waals surface area contributed by atoms with Gasteiger partial charge in [-0.05, 0) is 42.7 Å². The summed E-state index contributed by atoms with van der Waals surface area (Å²) >= 11 is 0. The molecule has 0 spiro atoms. The molecule has 13 heavy (non-hydrogen) atoms. The predicted octanol–water partition coefficient (Wildman–Crippen LogP) is 2.96. The Labute approximate surface area is 78.7 Å². The average Bonchev–Trinajstić information content (AvgIpc) is 3.00. The Morgan fingerprint density at radius 2 is 1.92 bits per heavy atom. The molecule has 0 saturated heterocycles. The van der Waals surface area contributed by atoms with Gasteiger partial charge in [0.05, 0.1) is 6.61 Å². The van der Waals surface area contributed by atoms with Crippen molar-refractivity contribution in [1.82, 2.24) is 0 Å². The van der Waals surface area contributed by atoms with Gasteiger partial charge in [-0.1, -0.05) is 18.2 Å². The van der Waals surface area contributed by atoms with E-state index in [4.69, 9.17) is 4.74 Å². The molecule has 68 valence electrons. The second-order valence-corrected chi connectivity index (χ2v) is 4.12. The molecule has 1 atom stereocenters. The molecule has 3 rings (SSSR count). The first-order valence-electron chi connectivity index (χ1n) is 5.17. The molecule has 1 fully saturated rings. The molecular weight excluding hydrogens is 160 g/mol. The van der Waals surface area contributed by atoms with Gasteiger partial charge in [0, 0.05) is 0 Å². The summed E-state index contributed by atoms with van der Waals surface area (Å²) in [4.78, 5) is 0. The van der Waals surface area contributed by atoms with Gasteiger partial charge in [0.25, 0.3) is 0 Å². The normalized spacial score (nSPS) is 26.3. The first-order chi connectivity index (χ1) is 6.45. The highest BCUT2D eigenvalue weighted by molar-refractivity contribution is 5.38. The summed E-state index contributed by atoms with van der Waals surface area (Å²) in [5.41, 5.74) is 1.45. The molecule has 1 aliphatic heterocycles. The molecule has 0 amide bonds. The van der Waals surface area contributed by atoms with Crippen molar-refractivity contribution in [3.05, 3.63) is 29.8 Å². The van der Waals surface area contributed by atoms with E-state index in [1.165, 1.54) is 24.8 Å². The molecule has 1 aliphatic carbocycles. The summed E-state index contributed by atoms with van der Waals surface area (Å²) in [6.45, 7) is 0.915. The van der Waals surface area contributed by atoms with Gasteiger partial charge >= 0.3 is 0 Å². The van der Waals surface area contributed by atoms with Gasteiger partial charge in [0.1, 0.15) is 5.75 Å². The Bertz CT molecular complexity index is 315. The van der Waals surface area contributed by atoms with E-state index >= 15 is 0 Å². The number of benzene rings is 1. The summed E-state index contributed by atoms with van der Waals surface area (Å²) < 4.78 is 5.63. The first kappa shape index (κ1) is 7.43. The zero-order chi connectivity index (χ0) is 8.67. The molecule has 0 unspecified atom stereocenters. The van der Waals surface area contributed by atoms with Crippen LogP contribution in [0.25, 0.3) is 0 Å². The van der Waals surface area contributed by atoms with Crippen molar-refractivity contribution < 1.29 is 4.74 Å². The van der Waals surface area contributed by atoms with Gasteiger partial charge in [0.15, 0.2) is 0 Å². The van der Waals surface area contributed by atoms with Crippen LogP contribution in [0.5, 0.6) is 5.75 Å². The van der Waals surface area contributed by atoms with Crippen molar-refractivity contribution in [3.8, 4) is 5.75 Å². The monoisotopic (exact) mass is 174 g/mol. The standard InChI is InChI=1S/C12H14O/c1-2-4-12-11(3-1)10(7-8-13-12)9-5-6-9/h1-4,9-10H,5-8H2/t10-/m1/s1. The largest absolute Gasteiger partial charge is 0.493 e. The van der Waals surface area contributed by atoms with E-state index in [1.54, 1.807) is 0 Å². The quantitative estimate of drug-likeness (QED) is 0.636. The van der Waals surface area contributed by atoms with E-state index in [-0.39, 0.29) is 0 Å². The average molecular weight is 174 g/mol. The van der Waals surface area contributed by atoms with Crippen molar-refractivity contribution in [2.45, 2.75) is 25.2 Å². The van der Waals surface area contributed by atoms with Gasteiger partial charge in [-0.25, -0.2) is 0 Å². The van der Waals surface area contributed by atoms with Crippen LogP contribution in [0.4, 0.5) is 0 Å². The zero-order valence-electron chi connectivity index (χ0n) is 7.70. The van der Waals surface area contributed by atoms with E-state index in [1.807, 2.05) is 0 Å². The van der Waals surface area contributed by atoms with E-state index in [0.717, 1.165) is 24.2 Å². The number of para-hydroxylation sites is 1. The minimum atomic E-state index is 0.796. The van der Waals surface area contributed by atoms with E-state index in [9.17, 15) is 0 Å². The van der Waals surface area contributed by atoms with Crippen molar-refractivity contribution >= 4 is 0 Å². The molecule has 1 aromatic carbocycles. The predicted molar refractivity (Wildman–Crippen MR) is 52.0 cm³/mol. The van der Waals surface area contributed by atoms with Crippen LogP contribution in [0.2, 0.25) is 0 Å². The fourth-order valence-electron chi connectivity index (χ4n) is 2.36. The van der Waals surface area contributed by atoms with Crippen LogP contribution in [0.3, 0.4) is 0 Å². The molecule has 1 heteroatoms. The second kappa shape index (κ2) is 2.76. The third-order valence-electron chi connectivity index (χ3n) is 3.20. The zero-order valence-corrected chi connectivity index (χ0v) is 7.70. The van der Waals surface area contributed by atoms with Crippen LogP contribution in [0, 0.1) is 5.92 Å². The highest BCUT2D eigenvalue weighted by Gasteiger charge is 2.35. The molecule has 0 aromatic heterocycles. The third kappa shape index (κ3) is 1.23. The second-order valence-electron chi connectivity index (χ2n) is 4.12. The summed E-state index contributed by atoms with van der Waals surface area (Å²) in [7, 11) is 0. The van der Waals surface area contributed by atoms with Crippen LogP contribution in [-0.2, 0) is 0 Å². The molecule has 0 N–H and O–H groups in total. The first-order valence-corrected chi connectivity index (χ1v) is 5.17. The maximum absolute atomic E-state index is 5.63. The van der Waals surface area contributed by atoms with E-state index < -0.39 is 0 Å². The Kier molecular flexibility index (Phi) is 1.58. The fraction of sp³-hybridized carbons (Fsp3) is 0.500. The number of fused-ring (bicyclic) bond motifs is 1. The Morgan fingerprint density at radius 3 is 2.77 bits per heavy atom. The minimum absolute atomic E-state index is 0.796. The summed E-state index contributed by atoms with van der Waals surface area (Å²) in [5, 5.41) is 0. The molecule has 2 aliphatic rings. The summed E-state index contributed by atoms with van der Waals surface area (Å²) in [6, 6.07) is 8.53. The lowest BCUT2D eigenvalue weighted by Gasteiger charge is -2.25. The van der Waals surface area contributed by atoms with Crippen molar-refractivity contribution in [2.24, 2.45) is 5.92 Å². The van der Waals surface area contributed by atoms with Crippen molar-refractivity contribution in [1.29, 1.82) is 0 Å². The highest BCUT2D eigenvalue weighted by atomic mass is 16.5. The Balaban J connectivity index is 2.00. The molecule has 0 radical (unpaired) electrons. The van der Waals surface area contributed by atoms with Gasteiger partial charge in [-0.15, -0.1) is 0 Å². The number of hydrogen-bond donors (Lipinski definition) is 0. The Hall–Kier alpha value is -0.980. The van der Waals surface area contributed by atoms with Crippen LogP contribution >= 0.6 is 0 Å². The van der Waals surface area contributed by atoms with Crippen LogP contribution in [0.15, 0.2) is 24.3 Å². The maximum Gasteiger partial charge on any atom is 0.122 e. The topological polar surface area (TPSA) is 9.23 Å². The van der Waals surface area contributed by atoms with Gasteiger partial charge in [-0.3, -0.25) is 0 Å². The molecule has 0 bridgehead atoms. The van der Waals surface area contributed by atoms with Crippen LogP contribution in [-0.4, -0.2) is 6.61 Å². The molecule has 1 nitrogen and oxygen atoms in total. The highest BCUT2D eigenvalue weighted by Crippen LogP contribution is 2.48.